The normalized spacial score (nSPS) is 11.8. The summed E-state index contributed by atoms with van der Waals surface area (Å²) < 4.78 is 6.49. The van der Waals surface area contributed by atoms with Crippen LogP contribution >= 0.6 is 0 Å². The number of aromatic nitrogens is 3. The van der Waals surface area contributed by atoms with Crippen LogP contribution < -0.4 is 0 Å². The molecule has 0 fully saturated rings. The molecule has 4 heteroatoms. The first-order chi connectivity index (χ1) is 23.2. The average Bonchev–Trinajstić information content (AvgIpc) is 3.51. The van der Waals surface area contributed by atoms with E-state index in [2.05, 4.69) is 140 Å². The Labute approximate surface area is 269 Å². The molecule has 0 aliphatic rings. The third-order valence-electron chi connectivity index (χ3n) is 9.25. The van der Waals surface area contributed by atoms with Crippen molar-refractivity contribution in [1.82, 2.24) is 15.0 Å². The smallest absolute Gasteiger partial charge is 0.164 e. The van der Waals surface area contributed by atoms with Crippen LogP contribution in [0.2, 0.25) is 0 Å². The van der Waals surface area contributed by atoms with E-state index < -0.39 is 0 Å². The summed E-state index contributed by atoms with van der Waals surface area (Å²) in [4.78, 5) is 15.4. The third-order valence-corrected chi connectivity index (χ3v) is 9.25. The Morgan fingerprint density at radius 3 is 1.62 bits per heavy atom. The molecular weight excluding hydrogens is 574 g/mol. The highest BCUT2D eigenvalue weighted by molar-refractivity contribution is 6.19. The highest BCUT2D eigenvalue weighted by atomic mass is 16.3. The van der Waals surface area contributed by atoms with Crippen LogP contribution in [0.1, 0.15) is 0 Å². The van der Waals surface area contributed by atoms with Crippen LogP contribution in [0, 0.1) is 0 Å². The summed E-state index contributed by atoms with van der Waals surface area (Å²) in [6, 6.07) is 52.9. The van der Waals surface area contributed by atoms with Gasteiger partial charge in [-0.15, -0.1) is 0 Å². The molecule has 218 valence electrons. The SMILES string of the molecule is c1ccc2cc(-c3nc(-c4ccc5ccccc5c4)nc(-c4cccc5oc6cc7ccc8ccccc8c7cc6c45)n3)ccc2c1. The van der Waals surface area contributed by atoms with Gasteiger partial charge in [-0.05, 0) is 73.4 Å². The molecule has 0 unspecified atom stereocenters. The second-order valence-corrected chi connectivity index (χ2v) is 12.1. The fourth-order valence-corrected chi connectivity index (χ4v) is 6.92. The molecule has 8 aromatic carbocycles. The van der Waals surface area contributed by atoms with Gasteiger partial charge in [0.15, 0.2) is 17.5 Å². The number of nitrogens with zero attached hydrogens (tertiary/aromatic N) is 3. The Balaban J connectivity index is 1.25. The average molecular weight is 600 g/mol. The van der Waals surface area contributed by atoms with Crippen molar-refractivity contribution >= 4 is 65.0 Å². The monoisotopic (exact) mass is 599 g/mol. The molecule has 0 amide bonds. The molecular formula is C43H25N3O. The Bertz CT molecular complexity index is 2770. The van der Waals surface area contributed by atoms with Gasteiger partial charge in [0.05, 0.1) is 0 Å². The van der Waals surface area contributed by atoms with Crippen LogP contribution in [0.25, 0.3) is 99.2 Å². The summed E-state index contributed by atoms with van der Waals surface area (Å²) in [6.07, 6.45) is 0. The minimum absolute atomic E-state index is 0.609. The van der Waals surface area contributed by atoms with Crippen LogP contribution in [0.3, 0.4) is 0 Å². The Hall–Kier alpha value is -6.39. The van der Waals surface area contributed by atoms with Crippen molar-refractivity contribution in [3.8, 4) is 34.2 Å². The molecule has 0 saturated carbocycles. The van der Waals surface area contributed by atoms with E-state index in [1.54, 1.807) is 0 Å². The van der Waals surface area contributed by atoms with Crippen LogP contribution in [0.5, 0.6) is 0 Å². The summed E-state index contributed by atoms with van der Waals surface area (Å²) in [5, 5.41) is 11.4. The van der Waals surface area contributed by atoms with Gasteiger partial charge in [0.2, 0.25) is 0 Å². The largest absolute Gasteiger partial charge is 0.456 e. The van der Waals surface area contributed by atoms with E-state index >= 15 is 0 Å². The van der Waals surface area contributed by atoms with Gasteiger partial charge >= 0.3 is 0 Å². The highest BCUT2D eigenvalue weighted by Crippen LogP contribution is 2.40. The number of fused-ring (bicyclic) bond motifs is 8. The molecule has 0 spiro atoms. The zero-order chi connectivity index (χ0) is 30.9. The van der Waals surface area contributed by atoms with Crippen molar-refractivity contribution in [2.24, 2.45) is 0 Å². The van der Waals surface area contributed by atoms with Crippen molar-refractivity contribution in [1.29, 1.82) is 0 Å². The zero-order valence-electron chi connectivity index (χ0n) is 25.2. The van der Waals surface area contributed by atoms with Crippen molar-refractivity contribution in [3.05, 3.63) is 152 Å². The lowest BCUT2D eigenvalue weighted by atomic mass is 9.98. The molecule has 0 radical (unpaired) electrons. The molecule has 0 atom stereocenters. The Morgan fingerprint density at radius 2 is 0.915 bits per heavy atom. The van der Waals surface area contributed by atoms with E-state index in [4.69, 9.17) is 19.4 Å². The second kappa shape index (κ2) is 10.1. The second-order valence-electron chi connectivity index (χ2n) is 12.1. The number of benzene rings is 8. The summed E-state index contributed by atoms with van der Waals surface area (Å²) in [5.74, 6) is 1.87. The van der Waals surface area contributed by atoms with E-state index in [1.807, 2.05) is 12.1 Å². The molecule has 10 rings (SSSR count). The molecule has 0 bridgehead atoms. The Morgan fingerprint density at radius 1 is 0.340 bits per heavy atom. The van der Waals surface area contributed by atoms with Crippen molar-refractivity contribution in [3.63, 3.8) is 0 Å². The van der Waals surface area contributed by atoms with Gasteiger partial charge in [0.1, 0.15) is 11.2 Å². The van der Waals surface area contributed by atoms with Crippen LogP contribution in [-0.2, 0) is 0 Å². The van der Waals surface area contributed by atoms with Crippen molar-refractivity contribution in [2.75, 3.05) is 0 Å². The van der Waals surface area contributed by atoms with Gasteiger partial charge in [0.25, 0.3) is 0 Å². The van der Waals surface area contributed by atoms with Gasteiger partial charge in [-0.3, -0.25) is 0 Å². The predicted molar refractivity (Wildman–Crippen MR) is 193 cm³/mol. The summed E-state index contributed by atoms with van der Waals surface area (Å²) >= 11 is 0. The van der Waals surface area contributed by atoms with E-state index in [9.17, 15) is 0 Å². The third kappa shape index (κ3) is 4.19. The molecule has 2 aromatic heterocycles. The summed E-state index contributed by atoms with van der Waals surface area (Å²) in [6.45, 7) is 0. The molecule has 0 aliphatic heterocycles. The maximum absolute atomic E-state index is 6.49. The molecule has 0 aliphatic carbocycles. The fraction of sp³-hybridized carbons (Fsp3) is 0. The van der Waals surface area contributed by atoms with E-state index in [-0.39, 0.29) is 0 Å². The van der Waals surface area contributed by atoms with Crippen LogP contribution in [0.4, 0.5) is 0 Å². The minimum atomic E-state index is 0.609. The fourth-order valence-electron chi connectivity index (χ4n) is 6.92. The maximum atomic E-state index is 6.49. The summed E-state index contributed by atoms with van der Waals surface area (Å²) in [5.41, 5.74) is 4.44. The zero-order valence-corrected chi connectivity index (χ0v) is 25.2. The first-order valence-corrected chi connectivity index (χ1v) is 15.8. The van der Waals surface area contributed by atoms with Crippen LogP contribution in [-0.4, -0.2) is 15.0 Å². The first-order valence-electron chi connectivity index (χ1n) is 15.8. The number of furan rings is 1. The number of hydrogen-bond acceptors (Lipinski definition) is 4. The van der Waals surface area contributed by atoms with E-state index in [0.29, 0.717) is 17.5 Å². The van der Waals surface area contributed by atoms with Gasteiger partial charge in [0, 0.05) is 27.5 Å². The first kappa shape index (κ1) is 25.9. The standard InChI is InChI=1S/C43H25N3O/c1-3-11-29-22-32(20-16-26(29)8-1)41-44-42(33-21-17-27-9-2-4-12-30(27)23-33)46-43(45-41)35-14-7-15-38-40(35)37-25-36-31(24-39(37)47-38)19-18-28-10-5-6-13-34(28)36/h1-25H. The lowest BCUT2D eigenvalue weighted by Crippen LogP contribution is -2.00. The minimum Gasteiger partial charge on any atom is -0.456 e. The Kier molecular flexibility index (Phi) is 5.54. The topological polar surface area (TPSA) is 51.8 Å². The van der Waals surface area contributed by atoms with E-state index in [1.165, 1.54) is 26.9 Å². The molecule has 4 nitrogen and oxygen atoms in total. The maximum Gasteiger partial charge on any atom is 0.164 e. The van der Waals surface area contributed by atoms with Gasteiger partial charge < -0.3 is 4.42 Å². The molecule has 2 heterocycles. The van der Waals surface area contributed by atoms with Crippen molar-refractivity contribution in [2.45, 2.75) is 0 Å². The van der Waals surface area contributed by atoms with Crippen LogP contribution in [0.15, 0.2) is 156 Å². The van der Waals surface area contributed by atoms with E-state index in [0.717, 1.165) is 54.8 Å². The molecule has 10 aromatic rings. The quantitative estimate of drug-likeness (QED) is 0.190. The molecule has 47 heavy (non-hydrogen) atoms. The predicted octanol–water partition coefficient (Wildman–Crippen LogP) is 11.4. The van der Waals surface area contributed by atoms with Gasteiger partial charge in [-0.1, -0.05) is 121 Å². The highest BCUT2D eigenvalue weighted by Gasteiger charge is 2.19. The lowest BCUT2D eigenvalue weighted by Gasteiger charge is -2.10. The molecule has 0 N–H and O–H groups in total. The lowest BCUT2D eigenvalue weighted by molar-refractivity contribution is 0.669. The van der Waals surface area contributed by atoms with Gasteiger partial charge in [-0.25, -0.2) is 15.0 Å². The number of hydrogen-bond donors (Lipinski definition) is 0. The molecule has 0 saturated heterocycles. The number of rotatable bonds is 3. The summed E-state index contributed by atoms with van der Waals surface area (Å²) in [7, 11) is 0. The van der Waals surface area contributed by atoms with Crippen molar-refractivity contribution < 1.29 is 4.42 Å². The van der Waals surface area contributed by atoms with Gasteiger partial charge in [-0.2, -0.15) is 0 Å².